The van der Waals surface area contributed by atoms with E-state index in [2.05, 4.69) is 10.00 Å². The van der Waals surface area contributed by atoms with Gasteiger partial charge in [0.15, 0.2) is 5.82 Å². The molecule has 3 N–H and O–H groups in total. The van der Waals surface area contributed by atoms with Crippen LogP contribution in [-0.2, 0) is 17.7 Å². The number of anilines is 3. The van der Waals surface area contributed by atoms with Crippen molar-refractivity contribution in [3.63, 3.8) is 0 Å². The van der Waals surface area contributed by atoms with Crippen molar-refractivity contribution in [1.82, 2.24) is 20.0 Å². The molecule has 0 spiro atoms. The number of carbonyl (C=O) groups excluding carboxylic acids is 1. The van der Waals surface area contributed by atoms with Crippen LogP contribution in [0.2, 0.25) is 0 Å². The predicted octanol–water partition coefficient (Wildman–Crippen LogP) is 3.22. The van der Waals surface area contributed by atoms with Crippen molar-refractivity contribution in [2.24, 2.45) is 0 Å². The first-order valence-electron chi connectivity index (χ1n) is 10.5. The SMILES string of the molecule is CNC(=O)N1CCc2c(c(N(C)c3ccc(N)c(C(F)F)c3)nn2C2CCOCC2)C1. The van der Waals surface area contributed by atoms with Gasteiger partial charge in [-0.3, -0.25) is 4.68 Å². The Morgan fingerprint density at radius 1 is 1.35 bits per heavy atom. The Bertz CT molecular complexity index is 958. The summed E-state index contributed by atoms with van der Waals surface area (Å²) in [6, 6.07) is 4.68. The average molecular weight is 434 g/mol. The van der Waals surface area contributed by atoms with Crippen molar-refractivity contribution in [3.05, 3.63) is 35.0 Å². The van der Waals surface area contributed by atoms with E-state index in [4.69, 9.17) is 15.6 Å². The third-order valence-corrected chi connectivity index (χ3v) is 6.11. The number of ether oxygens (including phenoxy) is 1. The average Bonchev–Trinajstić information content (AvgIpc) is 3.17. The zero-order chi connectivity index (χ0) is 22.1. The Labute approximate surface area is 179 Å². The number of nitrogens with zero attached hydrogens (tertiary/aromatic N) is 4. The fraction of sp³-hybridized carbons (Fsp3) is 0.524. The highest BCUT2D eigenvalue weighted by molar-refractivity contribution is 5.75. The quantitative estimate of drug-likeness (QED) is 0.722. The van der Waals surface area contributed by atoms with Crippen LogP contribution in [0.4, 0.5) is 30.8 Å². The highest BCUT2D eigenvalue weighted by Crippen LogP contribution is 2.37. The molecule has 0 bridgehead atoms. The van der Waals surface area contributed by atoms with Gasteiger partial charge in [-0.1, -0.05) is 0 Å². The number of carbonyl (C=O) groups is 1. The molecular weight excluding hydrogens is 406 g/mol. The van der Waals surface area contributed by atoms with E-state index >= 15 is 0 Å². The summed E-state index contributed by atoms with van der Waals surface area (Å²) in [6.45, 7) is 2.38. The Morgan fingerprint density at radius 3 is 2.77 bits per heavy atom. The number of fused-ring (bicyclic) bond motifs is 1. The lowest BCUT2D eigenvalue weighted by atomic mass is 10.0. The van der Waals surface area contributed by atoms with Crippen LogP contribution in [-0.4, -0.2) is 54.6 Å². The maximum absolute atomic E-state index is 13.4. The summed E-state index contributed by atoms with van der Waals surface area (Å²) in [5.41, 5.74) is 8.20. The summed E-state index contributed by atoms with van der Waals surface area (Å²) in [5.74, 6) is 0.667. The van der Waals surface area contributed by atoms with Crippen LogP contribution in [0.25, 0.3) is 0 Å². The second kappa shape index (κ2) is 8.70. The molecule has 1 aromatic heterocycles. The first kappa shape index (κ1) is 21.4. The van der Waals surface area contributed by atoms with Crippen molar-refractivity contribution < 1.29 is 18.3 Å². The topological polar surface area (TPSA) is 88.7 Å². The molecule has 1 saturated heterocycles. The fourth-order valence-corrected chi connectivity index (χ4v) is 4.34. The van der Waals surface area contributed by atoms with E-state index in [9.17, 15) is 13.6 Å². The maximum Gasteiger partial charge on any atom is 0.317 e. The Balaban J connectivity index is 1.75. The number of alkyl halides is 2. The number of hydrogen-bond acceptors (Lipinski definition) is 5. The molecule has 2 aromatic rings. The van der Waals surface area contributed by atoms with Gasteiger partial charge < -0.3 is 25.6 Å². The van der Waals surface area contributed by atoms with Crippen molar-refractivity contribution in [1.29, 1.82) is 0 Å². The number of nitrogens with two attached hydrogens (primary N) is 1. The van der Waals surface area contributed by atoms with Gasteiger partial charge in [0, 0.05) is 68.5 Å². The molecular formula is C21H28F2N6O2. The third kappa shape index (κ3) is 4.04. The Kier molecular flexibility index (Phi) is 5.99. The minimum absolute atomic E-state index is 0.0627. The van der Waals surface area contributed by atoms with Crippen LogP contribution in [0.3, 0.4) is 0 Å². The number of urea groups is 1. The van der Waals surface area contributed by atoms with Gasteiger partial charge >= 0.3 is 6.03 Å². The molecule has 3 heterocycles. The third-order valence-electron chi connectivity index (χ3n) is 6.11. The second-order valence-corrected chi connectivity index (χ2v) is 7.94. The molecule has 0 unspecified atom stereocenters. The van der Waals surface area contributed by atoms with Crippen molar-refractivity contribution in [2.45, 2.75) is 38.3 Å². The smallest absolute Gasteiger partial charge is 0.317 e. The van der Waals surface area contributed by atoms with Crippen molar-refractivity contribution >= 4 is 23.2 Å². The number of halogens is 2. The van der Waals surface area contributed by atoms with E-state index in [1.165, 1.54) is 12.1 Å². The van der Waals surface area contributed by atoms with Crippen LogP contribution < -0.4 is 16.0 Å². The number of aromatic nitrogens is 2. The molecule has 168 valence electrons. The van der Waals surface area contributed by atoms with Gasteiger partial charge in [-0.15, -0.1) is 0 Å². The summed E-state index contributed by atoms with van der Waals surface area (Å²) in [4.78, 5) is 15.8. The molecule has 10 heteroatoms. The predicted molar refractivity (Wildman–Crippen MR) is 114 cm³/mol. The molecule has 0 aliphatic carbocycles. The van der Waals surface area contributed by atoms with Gasteiger partial charge in [0.05, 0.1) is 12.6 Å². The van der Waals surface area contributed by atoms with E-state index in [1.807, 2.05) is 0 Å². The van der Waals surface area contributed by atoms with E-state index in [-0.39, 0.29) is 23.3 Å². The van der Waals surface area contributed by atoms with Crippen molar-refractivity contribution in [2.75, 3.05) is 44.5 Å². The van der Waals surface area contributed by atoms with E-state index in [0.29, 0.717) is 44.2 Å². The molecule has 8 nitrogen and oxygen atoms in total. The van der Waals surface area contributed by atoms with Crippen LogP contribution >= 0.6 is 0 Å². The number of amides is 2. The minimum Gasteiger partial charge on any atom is -0.398 e. The van der Waals surface area contributed by atoms with E-state index < -0.39 is 6.43 Å². The number of benzene rings is 1. The first-order chi connectivity index (χ1) is 14.9. The summed E-state index contributed by atoms with van der Waals surface area (Å²) >= 11 is 0. The number of nitrogens with one attached hydrogen (secondary N) is 1. The molecule has 31 heavy (non-hydrogen) atoms. The molecule has 1 aromatic carbocycles. The van der Waals surface area contributed by atoms with E-state index in [1.54, 1.807) is 30.0 Å². The fourth-order valence-electron chi connectivity index (χ4n) is 4.34. The van der Waals surface area contributed by atoms with E-state index in [0.717, 1.165) is 24.1 Å². The normalized spacial score (nSPS) is 17.0. The standard InChI is InChI=1S/C21H28F2N6O2/c1-25-21(30)28-8-5-18-16(12-28)20(26-29(18)13-6-9-31-10-7-13)27(2)14-3-4-17(24)15(11-14)19(22)23/h3-4,11,13,19H,5-10,12,24H2,1-2H3,(H,25,30). The zero-order valence-corrected chi connectivity index (χ0v) is 17.8. The summed E-state index contributed by atoms with van der Waals surface area (Å²) in [7, 11) is 3.41. The summed E-state index contributed by atoms with van der Waals surface area (Å²) < 4.78 is 34.4. The van der Waals surface area contributed by atoms with Crippen LogP contribution in [0, 0.1) is 0 Å². The molecule has 1 fully saturated rings. The lowest BCUT2D eigenvalue weighted by molar-refractivity contribution is 0.0651. The summed E-state index contributed by atoms with van der Waals surface area (Å²) in [5, 5.41) is 7.59. The zero-order valence-electron chi connectivity index (χ0n) is 17.8. The van der Waals surface area contributed by atoms with Gasteiger partial charge in [-0.25, -0.2) is 13.6 Å². The highest BCUT2D eigenvalue weighted by Gasteiger charge is 2.32. The molecule has 2 amide bonds. The molecule has 2 aliphatic rings. The van der Waals surface area contributed by atoms with Crippen LogP contribution in [0.1, 0.15) is 42.1 Å². The minimum atomic E-state index is -2.66. The first-order valence-corrected chi connectivity index (χ1v) is 10.5. The largest absolute Gasteiger partial charge is 0.398 e. The maximum atomic E-state index is 13.4. The van der Waals surface area contributed by atoms with Crippen molar-refractivity contribution in [3.8, 4) is 0 Å². The lowest BCUT2D eigenvalue weighted by Crippen LogP contribution is -2.41. The van der Waals surface area contributed by atoms with Crippen LogP contribution in [0.15, 0.2) is 18.2 Å². The number of hydrogen-bond donors (Lipinski definition) is 2. The monoisotopic (exact) mass is 434 g/mol. The van der Waals surface area contributed by atoms with Crippen LogP contribution in [0.5, 0.6) is 0 Å². The van der Waals surface area contributed by atoms with Gasteiger partial charge in [-0.2, -0.15) is 5.10 Å². The van der Waals surface area contributed by atoms with Gasteiger partial charge in [0.1, 0.15) is 0 Å². The molecule has 0 saturated carbocycles. The summed E-state index contributed by atoms with van der Waals surface area (Å²) in [6.07, 6.45) is -0.238. The molecule has 0 radical (unpaired) electrons. The Morgan fingerprint density at radius 2 is 2.10 bits per heavy atom. The second-order valence-electron chi connectivity index (χ2n) is 7.94. The molecule has 4 rings (SSSR count). The molecule has 0 atom stereocenters. The molecule has 2 aliphatic heterocycles. The van der Waals surface area contributed by atoms with Gasteiger partial charge in [0.25, 0.3) is 6.43 Å². The number of rotatable bonds is 4. The number of nitrogen functional groups attached to an aromatic ring is 1. The Hall–Kier alpha value is -2.88. The lowest BCUT2D eigenvalue weighted by Gasteiger charge is -2.30. The highest BCUT2D eigenvalue weighted by atomic mass is 19.3. The van der Waals surface area contributed by atoms with Gasteiger partial charge in [0.2, 0.25) is 0 Å². The van der Waals surface area contributed by atoms with Gasteiger partial charge in [-0.05, 0) is 31.0 Å².